The Bertz CT molecular complexity index is 748. The monoisotopic (exact) mass is 384 g/mol. The maximum Gasteiger partial charge on any atom is 0.228 e. The molecule has 7 heteroatoms. The van der Waals surface area contributed by atoms with Crippen molar-refractivity contribution in [1.82, 2.24) is 10.3 Å². The van der Waals surface area contributed by atoms with Crippen LogP contribution in [0.2, 0.25) is 10.0 Å². The van der Waals surface area contributed by atoms with Gasteiger partial charge in [0.25, 0.3) is 0 Å². The van der Waals surface area contributed by atoms with Crippen molar-refractivity contribution in [3.63, 3.8) is 0 Å². The maximum absolute atomic E-state index is 12.6. The minimum Gasteiger partial charge on any atom is -0.380 e. The molecule has 0 radical (unpaired) electrons. The van der Waals surface area contributed by atoms with Crippen LogP contribution >= 0.6 is 34.5 Å². The summed E-state index contributed by atoms with van der Waals surface area (Å²) in [6.45, 7) is 0.756. The summed E-state index contributed by atoms with van der Waals surface area (Å²) in [6, 6.07) is 3.51. The van der Waals surface area contributed by atoms with Crippen LogP contribution in [-0.2, 0) is 29.1 Å². The molecule has 0 saturated heterocycles. The van der Waals surface area contributed by atoms with Gasteiger partial charge in [-0.25, -0.2) is 4.98 Å². The van der Waals surface area contributed by atoms with E-state index in [0.29, 0.717) is 23.2 Å². The van der Waals surface area contributed by atoms with Crippen LogP contribution in [0.3, 0.4) is 0 Å². The summed E-state index contributed by atoms with van der Waals surface area (Å²) < 4.78 is 5.20. The van der Waals surface area contributed by atoms with E-state index in [-0.39, 0.29) is 11.8 Å². The first-order valence-electron chi connectivity index (χ1n) is 7.76. The van der Waals surface area contributed by atoms with Gasteiger partial charge in [-0.15, -0.1) is 11.3 Å². The number of amides is 1. The van der Waals surface area contributed by atoms with E-state index in [1.54, 1.807) is 24.5 Å². The number of carbonyl (C=O) groups excluding carboxylic acids is 1. The highest BCUT2D eigenvalue weighted by molar-refractivity contribution is 7.10. The van der Waals surface area contributed by atoms with E-state index in [4.69, 9.17) is 27.9 Å². The van der Waals surface area contributed by atoms with Crippen molar-refractivity contribution in [2.75, 3.05) is 7.11 Å². The summed E-state index contributed by atoms with van der Waals surface area (Å²) in [5, 5.41) is 4.11. The molecule has 1 aliphatic rings. The summed E-state index contributed by atoms with van der Waals surface area (Å²) in [4.78, 5) is 18.1. The average Bonchev–Trinajstić information content (AvgIpc) is 3.02. The van der Waals surface area contributed by atoms with Gasteiger partial charge in [-0.1, -0.05) is 23.2 Å². The number of hydrogen-bond acceptors (Lipinski definition) is 4. The molecule has 1 N–H and O–H groups in total. The molecule has 1 unspecified atom stereocenters. The quantitative estimate of drug-likeness (QED) is 0.834. The van der Waals surface area contributed by atoms with Gasteiger partial charge >= 0.3 is 0 Å². The molecule has 1 atom stereocenters. The normalized spacial score (nSPS) is 16.7. The van der Waals surface area contributed by atoms with Crippen molar-refractivity contribution in [3.05, 3.63) is 49.4 Å². The van der Waals surface area contributed by atoms with Crippen LogP contribution in [0.5, 0.6) is 0 Å². The number of hydrogen-bond donors (Lipinski definition) is 1. The molecule has 1 aromatic carbocycles. The zero-order valence-electron chi connectivity index (χ0n) is 13.3. The van der Waals surface area contributed by atoms with Gasteiger partial charge in [0.15, 0.2) is 0 Å². The number of aryl methyl sites for hydroxylation is 1. The minimum absolute atomic E-state index is 0.0228. The lowest BCUT2D eigenvalue weighted by atomic mass is 9.91. The fourth-order valence-electron chi connectivity index (χ4n) is 3.04. The number of nitrogens with zero attached hydrogens (tertiary/aromatic N) is 1. The van der Waals surface area contributed by atoms with Crippen LogP contribution in [0.25, 0.3) is 0 Å². The largest absolute Gasteiger partial charge is 0.380 e. The minimum atomic E-state index is -0.113. The van der Waals surface area contributed by atoms with Gasteiger partial charge in [0.2, 0.25) is 5.91 Å². The summed E-state index contributed by atoms with van der Waals surface area (Å²) in [5.41, 5.74) is 4.62. The Morgan fingerprint density at radius 2 is 2.29 bits per heavy atom. The smallest absolute Gasteiger partial charge is 0.228 e. The Morgan fingerprint density at radius 3 is 3.08 bits per heavy atom. The Labute approximate surface area is 155 Å². The van der Waals surface area contributed by atoms with Gasteiger partial charge in [0.05, 0.1) is 23.7 Å². The molecule has 128 valence electrons. The second kappa shape index (κ2) is 7.83. The van der Waals surface area contributed by atoms with E-state index >= 15 is 0 Å². The number of aromatic nitrogens is 1. The average molecular weight is 385 g/mol. The molecule has 0 spiro atoms. The van der Waals surface area contributed by atoms with Crippen molar-refractivity contribution in [3.8, 4) is 0 Å². The number of nitrogens with one attached hydrogen (secondary N) is 1. The van der Waals surface area contributed by atoms with E-state index in [0.717, 1.165) is 41.0 Å². The molecule has 0 aliphatic heterocycles. The summed E-state index contributed by atoms with van der Waals surface area (Å²) >= 11 is 13.9. The van der Waals surface area contributed by atoms with Crippen molar-refractivity contribution in [2.24, 2.45) is 0 Å². The van der Waals surface area contributed by atoms with Gasteiger partial charge in [-0.3, -0.25) is 4.79 Å². The number of ether oxygens (including phenoxy) is 1. The number of thiazole rings is 1. The second-order valence-electron chi connectivity index (χ2n) is 5.78. The zero-order valence-corrected chi connectivity index (χ0v) is 15.6. The third-order valence-corrected chi connectivity index (χ3v) is 5.74. The Hall–Kier alpha value is -1.14. The van der Waals surface area contributed by atoms with Crippen molar-refractivity contribution in [1.29, 1.82) is 0 Å². The van der Waals surface area contributed by atoms with Gasteiger partial charge in [-0.05, 0) is 42.5 Å². The SMILES string of the molecule is COCc1cc(Cl)cc(Cl)c1CNC(=O)C1CCCc2ncsc21. The van der Waals surface area contributed by atoms with Gasteiger partial charge in [-0.2, -0.15) is 0 Å². The molecule has 0 bridgehead atoms. The van der Waals surface area contributed by atoms with Crippen LogP contribution < -0.4 is 5.32 Å². The van der Waals surface area contributed by atoms with Gasteiger partial charge in [0.1, 0.15) is 0 Å². The van der Waals surface area contributed by atoms with Crippen LogP contribution in [0, 0.1) is 0 Å². The van der Waals surface area contributed by atoms with Crippen LogP contribution in [-0.4, -0.2) is 18.0 Å². The molecule has 2 aromatic rings. The third kappa shape index (κ3) is 3.75. The van der Waals surface area contributed by atoms with E-state index < -0.39 is 0 Å². The molecular formula is C17H18Cl2N2O2S. The fourth-order valence-corrected chi connectivity index (χ4v) is 4.62. The first-order chi connectivity index (χ1) is 11.6. The van der Waals surface area contributed by atoms with Crippen molar-refractivity contribution < 1.29 is 9.53 Å². The topological polar surface area (TPSA) is 51.2 Å². The molecule has 1 aromatic heterocycles. The van der Waals surface area contributed by atoms with E-state index in [1.165, 1.54) is 0 Å². The number of carbonyl (C=O) groups is 1. The van der Waals surface area contributed by atoms with Crippen LogP contribution in [0.15, 0.2) is 17.6 Å². The maximum atomic E-state index is 12.6. The molecule has 4 nitrogen and oxygen atoms in total. The Morgan fingerprint density at radius 1 is 1.46 bits per heavy atom. The predicted octanol–water partition coefficient (Wildman–Crippen LogP) is 4.33. The highest BCUT2D eigenvalue weighted by Gasteiger charge is 2.28. The molecule has 1 heterocycles. The molecular weight excluding hydrogens is 367 g/mol. The molecule has 24 heavy (non-hydrogen) atoms. The second-order valence-corrected chi connectivity index (χ2v) is 7.51. The van der Waals surface area contributed by atoms with Crippen LogP contribution in [0.4, 0.5) is 0 Å². The number of rotatable bonds is 5. The first-order valence-corrected chi connectivity index (χ1v) is 9.39. The standard InChI is InChI=1S/C17H18Cl2N2O2S/c1-23-8-10-5-11(18)6-14(19)13(10)7-20-17(22)12-3-2-4-15-16(12)24-9-21-15/h5-6,9,12H,2-4,7-8H2,1H3,(H,20,22). The lowest BCUT2D eigenvalue weighted by Crippen LogP contribution is -2.31. The Balaban J connectivity index is 1.74. The van der Waals surface area contributed by atoms with Gasteiger partial charge < -0.3 is 10.1 Å². The highest BCUT2D eigenvalue weighted by atomic mass is 35.5. The lowest BCUT2D eigenvalue weighted by Gasteiger charge is -2.21. The Kier molecular flexibility index (Phi) is 5.76. The molecule has 0 saturated carbocycles. The molecule has 1 aliphatic carbocycles. The van der Waals surface area contributed by atoms with Crippen molar-refractivity contribution >= 4 is 40.4 Å². The van der Waals surface area contributed by atoms with E-state index in [2.05, 4.69) is 10.3 Å². The number of benzene rings is 1. The molecule has 1 amide bonds. The van der Waals surface area contributed by atoms with E-state index in [9.17, 15) is 4.79 Å². The summed E-state index contributed by atoms with van der Waals surface area (Å²) in [5.74, 6) is -0.0900. The third-order valence-electron chi connectivity index (χ3n) is 4.20. The summed E-state index contributed by atoms with van der Waals surface area (Å²) in [7, 11) is 1.62. The predicted molar refractivity (Wildman–Crippen MR) is 96.8 cm³/mol. The highest BCUT2D eigenvalue weighted by Crippen LogP contribution is 2.34. The lowest BCUT2D eigenvalue weighted by molar-refractivity contribution is -0.123. The number of fused-ring (bicyclic) bond motifs is 1. The van der Waals surface area contributed by atoms with Crippen molar-refractivity contribution in [2.45, 2.75) is 38.3 Å². The first kappa shape index (κ1) is 17.7. The fraction of sp³-hybridized carbons (Fsp3) is 0.412. The summed E-state index contributed by atoms with van der Waals surface area (Å²) in [6.07, 6.45) is 2.81. The zero-order chi connectivity index (χ0) is 17.1. The molecule has 0 fully saturated rings. The van der Waals surface area contributed by atoms with Crippen LogP contribution in [0.1, 0.15) is 40.5 Å². The number of halogens is 2. The molecule has 3 rings (SSSR count). The van der Waals surface area contributed by atoms with E-state index in [1.807, 2.05) is 11.6 Å². The number of methoxy groups -OCH3 is 1. The van der Waals surface area contributed by atoms with Gasteiger partial charge in [0, 0.05) is 28.6 Å².